The molecule has 0 bridgehead atoms. The lowest BCUT2D eigenvalue weighted by Crippen LogP contribution is -2.44. The summed E-state index contributed by atoms with van der Waals surface area (Å²) in [6.07, 6.45) is 1.90. The summed E-state index contributed by atoms with van der Waals surface area (Å²) in [6.45, 7) is 10.7. The van der Waals surface area contributed by atoms with Gasteiger partial charge in [-0.1, -0.05) is 13.8 Å². The molecule has 0 N–H and O–H groups in total. The zero-order chi connectivity index (χ0) is 12.3. The normalized spacial score (nSPS) is 12.0. The summed E-state index contributed by atoms with van der Waals surface area (Å²) in [5, 5.41) is 0. The molecular formula is C12H26O4. The Balaban J connectivity index is 4.24. The molecule has 0 radical (unpaired) electrons. The van der Waals surface area contributed by atoms with Gasteiger partial charge in [0.1, 0.15) is 6.61 Å². The first-order valence-electron chi connectivity index (χ1n) is 6.24. The Hall–Kier alpha value is -0.160. The van der Waals surface area contributed by atoms with Crippen LogP contribution in [0.2, 0.25) is 0 Å². The maximum atomic E-state index is 5.64. The van der Waals surface area contributed by atoms with E-state index in [4.69, 9.17) is 18.9 Å². The Morgan fingerprint density at radius 1 is 0.750 bits per heavy atom. The predicted octanol–water partition coefficient (Wildman–Crippen LogP) is 2.57. The lowest BCUT2D eigenvalue weighted by molar-refractivity contribution is -0.392. The van der Waals surface area contributed by atoms with Crippen LogP contribution in [0.5, 0.6) is 0 Å². The summed E-state index contributed by atoms with van der Waals surface area (Å²) in [5.74, 6) is -1.02. The summed E-state index contributed by atoms with van der Waals surface area (Å²) in [4.78, 5) is 0. The van der Waals surface area contributed by atoms with Crippen molar-refractivity contribution in [2.24, 2.45) is 0 Å². The minimum atomic E-state index is -1.02. The van der Waals surface area contributed by atoms with E-state index in [9.17, 15) is 0 Å². The first kappa shape index (κ1) is 15.8. The van der Waals surface area contributed by atoms with E-state index in [1.807, 2.05) is 13.8 Å². The predicted molar refractivity (Wildman–Crippen MR) is 63.3 cm³/mol. The summed E-state index contributed by atoms with van der Waals surface area (Å²) in [7, 11) is 0. The van der Waals surface area contributed by atoms with Crippen LogP contribution in [0.1, 0.15) is 40.5 Å². The minimum Gasteiger partial charge on any atom is -0.373 e. The van der Waals surface area contributed by atoms with Gasteiger partial charge in [0, 0.05) is 19.8 Å². The molecule has 0 spiro atoms. The van der Waals surface area contributed by atoms with Crippen LogP contribution in [0.25, 0.3) is 0 Å². The van der Waals surface area contributed by atoms with E-state index in [0.717, 1.165) is 12.8 Å². The van der Waals surface area contributed by atoms with Crippen LogP contribution in [0.3, 0.4) is 0 Å². The maximum Gasteiger partial charge on any atom is 0.307 e. The lowest BCUT2D eigenvalue weighted by Gasteiger charge is -2.32. The first-order chi connectivity index (χ1) is 7.74. The van der Waals surface area contributed by atoms with E-state index >= 15 is 0 Å². The van der Waals surface area contributed by atoms with Crippen molar-refractivity contribution in [3.8, 4) is 0 Å². The highest BCUT2D eigenvalue weighted by Gasteiger charge is 2.33. The second-order valence-electron chi connectivity index (χ2n) is 3.45. The van der Waals surface area contributed by atoms with Gasteiger partial charge in [-0.2, -0.15) is 0 Å². The SMILES string of the molecule is CCCOCC(OCC)(OCC)OCCC. The van der Waals surface area contributed by atoms with Gasteiger partial charge in [0.15, 0.2) is 0 Å². The number of hydrogen-bond acceptors (Lipinski definition) is 4. The molecule has 0 aliphatic carbocycles. The molecule has 0 aromatic heterocycles. The van der Waals surface area contributed by atoms with E-state index in [0.29, 0.717) is 33.0 Å². The fourth-order valence-electron chi connectivity index (χ4n) is 1.29. The summed E-state index contributed by atoms with van der Waals surface area (Å²) < 4.78 is 22.2. The van der Waals surface area contributed by atoms with Crippen LogP contribution >= 0.6 is 0 Å². The smallest absolute Gasteiger partial charge is 0.307 e. The molecule has 0 aliphatic heterocycles. The van der Waals surface area contributed by atoms with Crippen molar-refractivity contribution in [1.29, 1.82) is 0 Å². The third-order valence-electron chi connectivity index (χ3n) is 1.88. The molecule has 0 aromatic rings. The highest BCUT2D eigenvalue weighted by Crippen LogP contribution is 2.17. The molecule has 0 heterocycles. The third-order valence-corrected chi connectivity index (χ3v) is 1.88. The van der Waals surface area contributed by atoms with Crippen LogP contribution < -0.4 is 0 Å². The van der Waals surface area contributed by atoms with Crippen molar-refractivity contribution < 1.29 is 18.9 Å². The minimum absolute atomic E-state index is 0.322. The van der Waals surface area contributed by atoms with Crippen molar-refractivity contribution in [2.75, 3.05) is 33.0 Å². The van der Waals surface area contributed by atoms with Crippen molar-refractivity contribution in [2.45, 2.75) is 46.5 Å². The van der Waals surface area contributed by atoms with Crippen LogP contribution in [0.4, 0.5) is 0 Å². The Labute approximate surface area is 99.2 Å². The lowest BCUT2D eigenvalue weighted by atomic mass is 10.5. The Morgan fingerprint density at radius 2 is 1.31 bits per heavy atom. The van der Waals surface area contributed by atoms with Crippen LogP contribution in [-0.4, -0.2) is 39.0 Å². The summed E-state index contributed by atoms with van der Waals surface area (Å²) in [6, 6.07) is 0. The van der Waals surface area contributed by atoms with Crippen molar-refractivity contribution in [3.05, 3.63) is 0 Å². The average Bonchev–Trinajstić information content (AvgIpc) is 2.27. The highest BCUT2D eigenvalue weighted by molar-refractivity contribution is 4.56. The molecule has 0 rings (SSSR count). The van der Waals surface area contributed by atoms with Gasteiger partial charge in [-0.25, -0.2) is 0 Å². The standard InChI is InChI=1S/C12H26O4/c1-5-9-13-11-12(14-7-3,15-8-4)16-10-6-2/h5-11H2,1-4H3. The zero-order valence-corrected chi connectivity index (χ0v) is 11.1. The molecule has 0 saturated heterocycles. The van der Waals surface area contributed by atoms with Gasteiger partial charge in [0.05, 0.1) is 6.61 Å². The zero-order valence-electron chi connectivity index (χ0n) is 11.1. The molecular weight excluding hydrogens is 208 g/mol. The van der Waals surface area contributed by atoms with Crippen molar-refractivity contribution in [3.63, 3.8) is 0 Å². The molecule has 0 aliphatic rings. The Kier molecular flexibility index (Phi) is 9.92. The maximum absolute atomic E-state index is 5.64. The van der Waals surface area contributed by atoms with E-state index in [1.165, 1.54) is 0 Å². The molecule has 0 amide bonds. The number of rotatable bonds is 11. The van der Waals surface area contributed by atoms with Crippen molar-refractivity contribution in [1.82, 2.24) is 0 Å². The Bertz CT molecular complexity index is 144. The van der Waals surface area contributed by atoms with Crippen molar-refractivity contribution >= 4 is 0 Å². The monoisotopic (exact) mass is 234 g/mol. The third kappa shape index (κ3) is 6.43. The van der Waals surface area contributed by atoms with E-state index in [2.05, 4.69) is 13.8 Å². The van der Waals surface area contributed by atoms with Gasteiger partial charge in [-0.3, -0.25) is 0 Å². The molecule has 98 valence electrons. The highest BCUT2D eigenvalue weighted by atomic mass is 16.9. The van der Waals surface area contributed by atoms with Gasteiger partial charge in [0.2, 0.25) is 0 Å². The topological polar surface area (TPSA) is 36.9 Å². The molecule has 0 atom stereocenters. The van der Waals surface area contributed by atoms with Crippen LogP contribution in [-0.2, 0) is 18.9 Å². The largest absolute Gasteiger partial charge is 0.373 e. The van der Waals surface area contributed by atoms with Gasteiger partial charge >= 0.3 is 5.97 Å². The fraction of sp³-hybridized carbons (Fsp3) is 1.00. The van der Waals surface area contributed by atoms with Gasteiger partial charge in [0.25, 0.3) is 0 Å². The molecule has 0 aromatic carbocycles. The molecule has 0 saturated carbocycles. The molecule has 16 heavy (non-hydrogen) atoms. The first-order valence-corrected chi connectivity index (χ1v) is 6.24. The molecule has 0 unspecified atom stereocenters. The molecule has 4 heteroatoms. The molecule has 0 fully saturated rings. The van der Waals surface area contributed by atoms with Crippen LogP contribution in [0, 0.1) is 0 Å². The number of ether oxygens (including phenoxy) is 4. The summed E-state index contributed by atoms with van der Waals surface area (Å²) >= 11 is 0. The van der Waals surface area contributed by atoms with Gasteiger partial charge < -0.3 is 18.9 Å². The second-order valence-corrected chi connectivity index (χ2v) is 3.45. The Morgan fingerprint density at radius 3 is 1.75 bits per heavy atom. The average molecular weight is 234 g/mol. The van der Waals surface area contributed by atoms with E-state index in [1.54, 1.807) is 0 Å². The van der Waals surface area contributed by atoms with Crippen LogP contribution in [0.15, 0.2) is 0 Å². The second kappa shape index (κ2) is 10.0. The quantitative estimate of drug-likeness (QED) is 0.407. The van der Waals surface area contributed by atoms with E-state index in [-0.39, 0.29) is 0 Å². The van der Waals surface area contributed by atoms with E-state index < -0.39 is 5.97 Å². The fourth-order valence-corrected chi connectivity index (χ4v) is 1.29. The van der Waals surface area contributed by atoms with Gasteiger partial charge in [-0.15, -0.1) is 0 Å². The summed E-state index contributed by atoms with van der Waals surface area (Å²) in [5.41, 5.74) is 0. The number of hydrogen-bond donors (Lipinski definition) is 0. The molecule has 4 nitrogen and oxygen atoms in total. The van der Waals surface area contributed by atoms with Gasteiger partial charge in [-0.05, 0) is 26.7 Å².